The van der Waals surface area contributed by atoms with Gasteiger partial charge in [0, 0.05) is 16.5 Å². The number of benzene rings is 1. The number of hydrogen-bond donors (Lipinski definition) is 0. The number of carbonyl (C=O) groups excluding carboxylic acids is 2. The summed E-state index contributed by atoms with van der Waals surface area (Å²) in [5.74, 6) is -0.688. The molecule has 6 heteroatoms. The van der Waals surface area contributed by atoms with Crippen LogP contribution in [0.2, 0.25) is 0 Å². The normalized spacial score (nSPS) is 16.1. The Labute approximate surface area is 160 Å². The van der Waals surface area contributed by atoms with Gasteiger partial charge in [-0.25, -0.2) is 9.58 Å². The van der Waals surface area contributed by atoms with Crippen molar-refractivity contribution in [1.29, 1.82) is 0 Å². The highest BCUT2D eigenvalue weighted by molar-refractivity contribution is 6.17. The largest absolute Gasteiger partial charge is 0.362 e. The second-order valence-corrected chi connectivity index (χ2v) is 8.96. The zero-order valence-electron chi connectivity index (χ0n) is 16.9. The predicted octanol–water partition coefficient (Wildman–Crippen LogP) is 3.36. The summed E-state index contributed by atoms with van der Waals surface area (Å²) in [6, 6.07) is 9.49. The van der Waals surface area contributed by atoms with Crippen molar-refractivity contribution >= 4 is 17.5 Å². The molecule has 0 radical (unpaired) electrons. The molecule has 1 aliphatic rings. The highest BCUT2D eigenvalue weighted by atomic mass is 16.5. The lowest BCUT2D eigenvalue weighted by Gasteiger charge is -2.25. The standard InChI is InChI=1S/C21H27N3O3/c1-20(2,3)16-11-17(21(4,5)6)24(22-16)15-9-7-14(8-10-15)23-18(25)12-27-13-19(23)26/h7-11H,12-13H2,1-6H3. The van der Waals surface area contributed by atoms with E-state index >= 15 is 0 Å². The molecule has 0 saturated carbocycles. The summed E-state index contributed by atoms with van der Waals surface area (Å²) >= 11 is 0. The molecule has 2 aromatic rings. The predicted molar refractivity (Wildman–Crippen MR) is 104 cm³/mol. The van der Waals surface area contributed by atoms with Gasteiger partial charge in [0.1, 0.15) is 13.2 Å². The molecule has 6 nitrogen and oxygen atoms in total. The fraction of sp³-hybridized carbons (Fsp3) is 0.476. The van der Waals surface area contributed by atoms with Crippen LogP contribution in [0.1, 0.15) is 52.9 Å². The van der Waals surface area contributed by atoms with Gasteiger partial charge >= 0.3 is 0 Å². The van der Waals surface area contributed by atoms with Gasteiger partial charge in [-0.15, -0.1) is 0 Å². The number of nitrogens with zero attached hydrogens (tertiary/aromatic N) is 3. The minimum atomic E-state index is -0.344. The van der Waals surface area contributed by atoms with Crippen LogP contribution in [0.15, 0.2) is 30.3 Å². The second kappa shape index (κ2) is 6.60. The van der Waals surface area contributed by atoms with E-state index in [2.05, 4.69) is 47.6 Å². The molecule has 0 N–H and O–H groups in total. The van der Waals surface area contributed by atoms with Gasteiger partial charge in [-0.2, -0.15) is 5.10 Å². The topological polar surface area (TPSA) is 64.4 Å². The van der Waals surface area contributed by atoms with Crippen molar-refractivity contribution < 1.29 is 14.3 Å². The number of hydrogen-bond acceptors (Lipinski definition) is 4. The molecule has 0 atom stereocenters. The van der Waals surface area contributed by atoms with Gasteiger partial charge in [0.05, 0.1) is 17.1 Å². The Morgan fingerprint density at radius 3 is 1.85 bits per heavy atom. The van der Waals surface area contributed by atoms with E-state index in [0.29, 0.717) is 5.69 Å². The number of anilines is 1. The number of rotatable bonds is 2. The van der Waals surface area contributed by atoms with Crippen LogP contribution < -0.4 is 4.90 Å². The first-order valence-corrected chi connectivity index (χ1v) is 9.13. The van der Waals surface area contributed by atoms with Gasteiger partial charge in [0.15, 0.2) is 0 Å². The fourth-order valence-corrected chi connectivity index (χ4v) is 3.00. The molecule has 1 aromatic carbocycles. The average Bonchev–Trinajstić information content (AvgIpc) is 3.01. The summed E-state index contributed by atoms with van der Waals surface area (Å²) in [5.41, 5.74) is 3.45. The molecule has 0 spiro atoms. The first-order valence-electron chi connectivity index (χ1n) is 9.13. The highest BCUT2D eigenvalue weighted by Crippen LogP contribution is 2.31. The molecule has 1 fully saturated rings. The third-order valence-electron chi connectivity index (χ3n) is 4.55. The van der Waals surface area contributed by atoms with Crippen molar-refractivity contribution in [2.24, 2.45) is 0 Å². The van der Waals surface area contributed by atoms with E-state index in [4.69, 9.17) is 9.84 Å². The van der Waals surface area contributed by atoms with Crippen LogP contribution in [0.25, 0.3) is 5.69 Å². The maximum atomic E-state index is 12.0. The van der Waals surface area contributed by atoms with E-state index in [-0.39, 0.29) is 35.9 Å². The van der Waals surface area contributed by atoms with Gasteiger partial charge in [0.25, 0.3) is 11.8 Å². The summed E-state index contributed by atoms with van der Waals surface area (Å²) in [7, 11) is 0. The quantitative estimate of drug-likeness (QED) is 0.762. The van der Waals surface area contributed by atoms with Crippen LogP contribution in [0.5, 0.6) is 0 Å². The summed E-state index contributed by atoms with van der Waals surface area (Å²) < 4.78 is 6.92. The number of ether oxygens (including phenoxy) is 1. The van der Waals surface area contributed by atoms with E-state index in [1.165, 1.54) is 4.90 Å². The van der Waals surface area contributed by atoms with E-state index in [1.807, 2.05) is 16.8 Å². The molecule has 2 heterocycles. The fourth-order valence-electron chi connectivity index (χ4n) is 3.00. The van der Waals surface area contributed by atoms with Crippen molar-refractivity contribution in [2.45, 2.75) is 52.4 Å². The van der Waals surface area contributed by atoms with Crippen molar-refractivity contribution in [3.8, 4) is 5.69 Å². The van der Waals surface area contributed by atoms with E-state index in [1.54, 1.807) is 12.1 Å². The Balaban J connectivity index is 2.01. The Kier molecular flexibility index (Phi) is 4.72. The molecule has 27 heavy (non-hydrogen) atoms. The minimum absolute atomic E-state index is 0.0577. The van der Waals surface area contributed by atoms with E-state index < -0.39 is 0 Å². The number of amides is 2. The molecule has 3 rings (SSSR count). The number of imide groups is 1. The van der Waals surface area contributed by atoms with E-state index in [9.17, 15) is 9.59 Å². The van der Waals surface area contributed by atoms with Crippen LogP contribution in [0.4, 0.5) is 5.69 Å². The van der Waals surface area contributed by atoms with Gasteiger partial charge in [-0.1, -0.05) is 41.5 Å². The van der Waals surface area contributed by atoms with Gasteiger partial charge in [-0.05, 0) is 30.3 Å². The Morgan fingerprint density at radius 2 is 1.37 bits per heavy atom. The molecule has 0 unspecified atom stereocenters. The maximum absolute atomic E-state index is 12.0. The lowest BCUT2D eigenvalue weighted by Crippen LogP contribution is -2.46. The number of aromatic nitrogens is 2. The van der Waals surface area contributed by atoms with Crippen LogP contribution in [-0.2, 0) is 25.2 Å². The Bertz CT molecular complexity index is 852. The molecular formula is C21H27N3O3. The highest BCUT2D eigenvalue weighted by Gasteiger charge is 2.29. The van der Waals surface area contributed by atoms with Gasteiger partial charge in [0.2, 0.25) is 0 Å². The molecule has 1 aliphatic heterocycles. The Hall–Kier alpha value is -2.47. The first kappa shape index (κ1) is 19.3. The van der Waals surface area contributed by atoms with Crippen LogP contribution >= 0.6 is 0 Å². The molecule has 0 bridgehead atoms. The number of carbonyl (C=O) groups is 2. The first-order chi connectivity index (χ1) is 12.5. The zero-order chi connectivity index (χ0) is 20.0. The number of morpholine rings is 1. The maximum Gasteiger partial charge on any atom is 0.259 e. The summed E-state index contributed by atoms with van der Waals surface area (Å²) in [5, 5.41) is 4.84. The summed E-state index contributed by atoms with van der Waals surface area (Å²) in [4.78, 5) is 25.2. The van der Waals surface area contributed by atoms with Gasteiger partial charge < -0.3 is 4.74 Å². The van der Waals surface area contributed by atoms with Crippen LogP contribution in [-0.4, -0.2) is 34.8 Å². The van der Waals surface area contributed by atoms with Crippen molar-refractivity contribution in [3.63, 3.8) is 0 Å². The summed E-state index contributed by atoms with van der Waals surface area (Å²) in [6.07, 6.45) is 0. The summed E-state index contributed by atoms with van der Waals surface area (Å²) in [6.45, 7) is 12.8. The third kappa shape index (κ3) is 3.81. The molecule has 0 aliphatic carbocycles. The SMILES string of the molecule is CC(C)(C)c1cc(C(C)(C)C)n(-c2ccc(N3C(=O)COCC3=O)cc2)n1. The van der Waals surface area contributed by atoms with Gasteiger partial charge in [-0.3, -0.25) is 9.59 Å². The average molecular weight is 369 g/mol. The molecular weight excluding hydrogens is 342 g/mol. The lowest BCUT2D eigenvalue weighted by molar-refractivity contribution is -0.138. The van der Waals surface area contributed by atoms with Crippen LogP contribution in [0, 0.1) is 0 Å². The molecule has 144 valence electrons. The monoisotopic (exact) mass is 369 g/mol. The lowest BCUT2D eigenvalue weighted by atomic mass is 9.88. The van der Waals surface area contributed by atoms with Crippen molar-refractivity contribution in [3.05, 3.63) is 41.7 Å². The molecule has 1 aromatic heterocycles. The van der Waals surface area contributed by atoms with Crippen molar-refractivity contribution in [1.82, 2.24) is 9.78 Å². The third-order valence-corrected chi connectivity index (χ3v) is 4.55. The van der Waals surface area contributed by atoms with Crippen LogP contribution in [0.3, 0.4) is 0 Å². The smallest absolute Gasteiger partial charge is 0.259 e. The van der Waals surface area contributed by atoms with E-state index in [0.717, 1.165) is 17.1 Å². The zero-order valence-corrected chi connectivity index (χ0v) is 16.9. The molecule has 2 amide bonds. The minimum Gasteiger partial charge on any atom is -0.362 e. The Morgan fingerprint density at radius 1 is 0.852 bits per heavy atom. The van der Waals surface area contributed by atoms with Crippen molar-refractivity contribution in [2.75, 3.05) is 18.1 Å². The second-order valence-electron chi connectivity index (χ2n) is 8.96. The molecule has 1 saturated heterocycles.